The van der Waals surface area contributed by atoms with Gasteiger partial charge >= 0.3 is 0 Å². The van der Waals surface area contributed by atoms with Crippen molar-refractivity contribution in [1.29, 1.82) is 0 Å². The van der Waals surface area contributed by atoms with Crippen LogP contribution in [0.4, 0.5) is 11.4 Å². The first-order valence-corrected chi connectivity index (χ1v) is 9.08. The molecule has 0 amide bonds. The first-order valence-electron chi connectivity index (χ1n) is 8.67. The summed E-state index contributed by atoms with van der Waals surface area (Å²) >= 11 is 5.42. The molecule has 0 aliphatic carbocycles. The van der Waals surface area contributed by atoms with E-state index in [4.69, 9.17) is 17.0 Å². The van der Waals surface area contributed by atoms with E-state index in [1.807, 2.05) is 72.8 Å². The maximum Gasteiger partial charge on any atom is 0.175 e. The van der Waals surface area contributed by atoms with E-state index in [-0.39, 0.29) is 0 Å². The number of anilines is 2. The Labute approximate surface area is 160 Å². The van der Waals surface area contributed by atoms with E-state index < -0.39 is 0 Å². The summed E-state index contributed by atoms with van der Waals surface area (Å²) in [5.74, 6) is 0.828. The molecule has 0 spiro atoms. The lowest BCUT2D eigenvalue weighted by Gasteiger charge is -2.14. The Kier molecular flexibility index (Phi) is 6.23. The highest BCUT2D eigenvalue weighted by Crippen LogP contribution is 2.19. The molecule has 2 N–H and O–H groups in total. The van der Waals surface area contributed by atoms with Crippen LogP contribution in [0.5, 0.6) is 5.75 Å². The molecule has 3 aromatic rings. The fraction of sp³-hybridized carbons (Fsp3) is 0.136. The average Bonchev–Trinajstić information content (AvgIpc) is 2.68. The molecule has 132 valence electrons. The van der Waals surface area contributed by atoms with Gasteiger partial charge in [-0.15, -0.1) is 0 Å². The molecular formula is C22H22N2OS. The SMILES string of the molecule is CCc1ccccc1NC(=S)Nc1ccc(OCc2ccccc2)cc1. The van der Waals surface area contributed by atoms with Crippen molar-refractivity contribution in [3.63, 3.8) is 0 Å². The van der Waals surface area contributed by atoms with Gasteiger partial charge in [0.25, 0.3) is 0 Å². The second-order valence-electron chi connectivity index (χ2n) is 5.89. The summed E-state index contributed by atoms with van der Waals surface area (Å²) in [7, 11) is 0. The molecule has 0 bridgehead atoms. The predicted octanol–water partition coefficient (Wildman–Crippen LogP) is 5.64. The van der Waals surface area contributed by atoms with E-state index in [1.54, 1.807) is 0 Å². The van der Waals surface area contributed by atoms with Gasteiger partial charge in [-0.2, -0.15) is 0 Å². The van der Waals surface area contributed by atoms with Gasteiger partial charge in [-0.1, -0.05) is 55.5 Å². The second-order valence-corrected chi connectivity index (χ2v) is 6.30. The summed E-state index contributed by atoms with van der Waals surface area (Å²) in [5.41, 5.74) is 4.34. The fourth-order valence-electron chi connectivity index (χ4n) is 2.61. The molecule has 0 aromatic heterocycles. The van der Waals surface area contributed by atoms with E-state index in [0.717, 1.165) is 29.1 Å². The van der Waals surface area contributed by atoms with Gasteiger partial charge in [-0.3, -0.25) is 0 Å². The quantitative estimate of drug-likeness (QED) is 0.556. The minimum absolute atomic E-state index is 0.557. The zero-order chi connectivity index (χ0) is 18.2. The highest BCUT2D eigenvalue weighted by atomic mass is 32.1. The van der Waals surface area contributed by atoms with Gasteiger partial charge < -0.3 is 15.4 Å². The van der Waals surface area contributed by atoms with Gasteiger partial charge in [0.1, 0.15) is 12.4 Å². The highest BCUT2D eigenvalue weighted by molar-refractivity contribution is 7.80. The molecule has 3 rings (SSSR count). The van der Waals surface area contributed by atoms with Gasteiger partial charge in [0, 0.05) is 11.4 Å². The lowest BCUT2D eigenvalue weighted by atomic mass is 10.1. The van der Waals surface area contributed by atoms with Gasteiger partial charge in [0.2, 0.25) is 0 Å². The molecule has 0 saturated heterocycles. The van der Waals surface area contributed by atoms with Crippen molar-refractivity contribution in [3.05, 3.63) is 90.0 Å². The largest absolute Gasteiger partial charge is 0.489 e. The third-order valence-corrected chi connectivity index (χ3v) is 4.21. The highest BCUT2D eigenvalue weighted by Gasteiger charge is 2.03. The number of para-hydroxylation sites is 1. The van der Waals surface area contributed by atoms with Gasteiger partial charge in [-0.25, -0.2) is 0 Å². The molecular weight excluding hydrogens is 340 g/mol. The van der Waals surface area contributed by atoms with Gasteiger partial charge in [0.15, 0.2) is 5.11 Å². The summed E-state index contributed by atoms with van der Waals surface area (Å²) < 4.78 is 5.80. The second kappa shape index (κ2) is 9.02. The van der Waals surface area contributed by atoms with Crippen LogP contribution in [0.3, 0.4) is 0 Å². The molecule has 0 aliphatic heterocycles. The van der Waals surface area contributed by atoms with Crippen molar-refractivity contribution < 1.29 is 4.74 Å². The smallest absolute Gasteiger partial charge is 0.175 e. The number of hydrogen-bond acceptors (Lipinski definition) is 2. The maximum atomic E-state index is 5.80. The Bertz CT molecular complexity index is 848. The summed E-state index contributed by atoms with van der Waals surface area (Å²) in [4.78, 5) is 0. The lowest BCUT2D eigenvalue weighted by Crippen LogP contribution is -2.19. The zero-order valence-electron chi connectivity index (χ0n) is 14.7. The summed E-state index contributed by atoms with van der Waals surface area (Å²) in [6.07, 6.45) is 0.958. The first-order chi connectivity index (χ1) is 12.7. The Hall–Kier alpha value is -2.85. The van der Waals surface area contributed by atoms with E-state index in [1.165, 1.54) is 5.56 Å². The van der Waals surface area contributed by atoms with E-state index in [9.17, 15) is 0 Å². The van der Waals surface area contributed by atoms with Gasteiger partial charge in [-0.05, 0) is 60.1 Å². The Morgan fingerprint density at radius 3 is 2.27 bits per heavy atom. The minimum Gasteiger partial charge on any atom is -0.489 e. The number of thiocarbonyl (C=S) groups is 1. The monoisotopic (exact) mass is 362 g/mol. The van der Waals surface area contributed by atoms with E-state index in [0.29, 0.717) is 11.7 Å². The van der Waals surface area contributed by atoms with Crippen molar-refractivity contribution in [3.8, 4) is 5.75 Å². The number of hydrogen-bond donors (Lipinski definition) is 2. The first kappa shape index (κ1) is 18.0. The van der Waals surface area contributed by atoms with Crippen molar-refractivity contribution in [2.45, 2.75) is 20.0 Å². The van der Waals surface area contributed by atoms with E-state index >= 15 is 0 Å². The number of nitrogens with one attached hydrogen (secondary N) is 2. The van der Waals surface area contributed by atoms with Crippen molar-refractivity contribution in [2.24, 2.45) is 0 Å². The maximum absolute atomic E-state index is 5.80. The molecule has 3 nitrogen and oxygen atoms in total. The molecule has 0 atom stereocenters. The number of rotatable bonds is 6. The molecule has 26 heavy (non-hydrogen) atoms. The molecule has 4 heteroatoms. The standard InChI is InChI=1S/C22H22N2OS/c1-2-18-10-6-7-11-21(18)24-22(26)23-19-12-14-20(15-13-19)25-16-17-8-4-3-5-9-17/h3-15H,2,16H2,1H3,(H2,23,24,26). The third-order valence-electron chi connectivity index (χ3n) is 4.01. The van der Waals surface area contributed by atoms with Crippen LogP contribution in [-0.2, 0) is 13.0 Å². The molecule has 0 heterocycles. The number of ether oxygens (including phenoxy) is 1. The van der Waals surface area contributed by atoms with Crippen LogP contribution in [0.15, 0.2) is 78.9 Å². The van der Waals surface area contributed by atoms with Crippen molar-refractivity contribution >= 4 is 28.7 Å². The van der Waals surface area contributed by atoms with Crippen LogP contribution >= 0.6 is 12.2 Å². The molecule has 3 aromatic carbocycles. The van der Waals surface area contributed by atoms with Crippen LogP contribution in [0, 0.1) is 0 Å². The molecule has 0 fully saturated rings. The molecule has 0 unspecified atom stereocenters. The Morgan fingerprint density at radius 2 is 1.54 bits per heavy atom. The van der Waals surface area contributed by atoms with Crippen LogP contribution in [0.1, 0.15) is 18.1 Å². The van der Waals surface area contributed by atoms with Crippen LogP contribution in [0.25, 0.3) is 0 Å². The van der Waals surface area contributed by atoms with Crippen LogP contribution in [0.2, 0.25) is 0 Å². The number of benzene rings is 3. The fourth-order valence-corrected chi connectivity index (χ4v) is 2.84. The normalized spacial score (nSPS) is 10.2. The minimum atomic E-state index is 0.557. The molecule has 0 radical (unpaired) electrons. The third kappa shape index (κ3) is 5.07. The Morgan fingerprint density at radius 1 is 0.846 bits per heavy atom. The summed E-state index contributed by atoms with van der Waals surface area (Å²) in [6.45, 7) is 2.69. The van der Waals surface area contributed by atoms with E-state index in [2.05, 4.69) is 23.6 Å². The number of aryl methyl sites for hydroxylation is 1. The molecule has 0 aliphatic rings. The van der Waals surface area contributed by atoms with Crippen molar-refractivity contribution in [1.82, 2.24) is 0 Å². The lowest BCUT2D eigenvalue weighted by molar-refractivity contribution is 0.306. The van der Waals surface area contributed by atoms with Crippen molar-refractivity contribution in [2.75, 3.05) is 10.6 Å². The summed E-state index contributed by atoms with van der Waals surface area (Å²) in [5, 5.41) is 7.04. The average molecular weight is 362 g/mol. The zero-order valence-corrected chi connectivity index (χ0v) is 15.6. The van der Waals surface area contributed by atoms with Crippen LogP contribution in [-0.4, -0.2) is 5.11 Å². The summed E-state index contributed by atoms with van der Waals surface area (Å²) in [6, 6.07) is 26.1. The molecule has 0 saturated carbocycles. The van der Waals surface area contributed by atoms with Crippen LogP contribution < -0.4 is 15.4 Å². The predicted molar refractivity (Wildman–Crippen MR) is 113 cm³/mol. The topological polar surface area (TPSA) is 33.3 Å². The Balaban J connectivity index is 1.54. The van der Waals surface area contributed by atoms with Gasteiger partial charge in [0.05, 0.1) is 0 Å².